The van der Waals surface area contributed by atoms with Gasteiger partial charge in [0.15, 0.2) is 9.84 Å². The van der Waals surface area contributed by atoms with Crippen molar-refractivity contribution >= 4 is 33.3 Å². The molecule has 6 nitrogen and oxygen atoms in total. The van der Waals surface area contributed by atoms with E-state index in [2.05, 4.69) is 5.32 Å². The maximum Gasteiger partial charge on any atom is 0.305 e. The molecular weight excluding hydrogens is 366 g/mol. The molecule has 2 aromatic rings. The van der Waals surface area contributed by atoms with Gasteiger partial charge >= 0.3 is 5.97 Å². The molecule has 2 rings (SSSR count). The summed E-state index contributed by atoms with van der Waals surface area (Å²) < 4.78 is 22.9. The van der Waals surface area contributed by atoms with E-state index in [1.807, 2.05) is 0 Å². The van der Waals surface area contributed by atoms with Crippen LogP contribution in [0.15, 0.2) is 53.4 Å². The summed E-state index contributed by atoms with van der Waals surface area (Å²) >= 11 is 5.82. The lowest BCUT2D eigenvalue weighted by molar-refractivity contribution is -0.137. The zero-order valence-corrected chi connectivity index (χ0v) is 14.8. The predicted molar refractivity (Wildman–Crippen MR) is 93.5 cm³/mol. The van der Waals surface area contributed by atoms with Crippen LogP contribution in [0.2, 0.25) is 5.02 Å². The van der Waals surface area contributed by atoms with E-state index in [0.717, 1.165) is 6.26 Å². The highest BCUT2D eigenvalue weighted by atomic mass is 35.5. The summed E-state index contributed by atoms with van der Waals surface area (Å²) in [5.41, 5.74) is 0.838. The molecule has 132 valence electrons. The highest BCUT2D eigenvalue weighted by molar-refractivity contribution is 7.90. The summed E-state index contributed by atoms with van der Waals surface area (Å²) in [5, 5.41) is 12.2. The van der Waals surface area contributed by atoms with Crippen LogP contribution in [0.1, 0.15) is 28.4 Å². The van der Waals surface area contributed by atoms with E-state index < -0.39 is 27.8 Å². The van der Waals surface area contributed by atoms with Crippen molar-refractivity contribution in [2.75, 3.05) is 6.26 Å². The molecule has 0 heterocycles. The topological polar surface area (TPSA) is 101 Å². The van der Waals surface area contributed by atoms with Crippen LogP contribution in [-0.2, 0) is 14.6 Å². The van der Waals surface area contributed by atoms with Gasteiger partial charge in [0.2, 0.25) is 0 Å². The number of carbonyl (C=O) groups is 2. The third-order valence-corrected chi connectivity index (χ3v) is 4.88. The summed E-state index contributed by atoms with van der Waals surface area (Å²) in [5.74, 6) is -1.56. The van der Waals surface area contributed by atoms with Crippen LogP contribution in [0.4, 0.5) is 0 Å². The first kappa shape index (κ1) is 19.0. The average Bonchev–Trinajstić information content (AvgIpc) is 2.54. The van der Waals surface area contributed by atoms with Crippen molar-refractivity contribution in [3.63, 3.8) is 0 Å². The molecule has 0 bridgehead atoms. The second-order valence-electron chi connectivity index (χ2n) is 5.47. The Balaban J connectivity index is 2.21. The molecular formula is C17H16ClNO5S. The highest BCUT2D eigenvalue weighted by Crippen LogP contribution is 2.20. The summed E-state index contributed by atoms with van der Waals surface area (Å²) in [4.78, 5) is 23.5. The van der Waals surface area contributed by atoms with Crippen LogP contribution < -0.4 is 5.32 Å². The molecule has 0 saturated heterocycles. The molecule has 0 spiro atoms. The molecule has 0 aromatic heterocycles. The van der Waals surface area contributed by atoms with Gasteiger partial charge in [0.1, 0.15) is 0 Å². The Morgan fingerprint density at radius 1 is 1.08 bits per heavy atom. The van der Waals surface area contributed by atoms with Crippen molar-refractivity contribution in [1.82, 2.24) is 5.32 Å². The molecule has 25 heavy (non-hydrogen) atoms. The zero-order chi connectivity index (χ0) is 18.6. The van der Waals surface area contributed by atoms with Crippen molar-refractivity contribution in [1.29, 1.82) is 0 Å². The lowest BCUT2D eigenvalue weighted by atomic mass is 10.0. The Labute approximate surface area is 150 Å². The minimum absolute atomic E-state index is 0.101. The van der Waals surface area contributed by atoms with Crippen LogP contribution in [0, 0.1) is 0 Å². The van der Waals surface area contributed by atoms with Crippen molar-refractivity contribution < 1.29 is 23.1 Å². The molecule has 0 radical (unpaired) electrons. The number of aliphatic carboxylic acids is 1. The Morgan fingerprint density at radius 2 is 1.64 bits per heavy atom. The van der Waals surface area contributed by atoms with Crippen LogP contribution in [0.3, 0.4) is 0 Å². The fourth-order valence-electron chi connectivity index (χ4n) is 2.22. The number of amides is 1. The Bertz CT molecular complexity index is 876. The van der Waals surface area contributed by atoms with E-state index in [1.165, 1.54) is 24.3 Å². The average molecular weight is 382 g/mol. The SMILES string of the molecule is CS(=O)(=O)c1ccc(C(=O)N[C@H](CC(=O)O)c2ccc(Cl)cc2)cc1. The highest BCUT2D eigenvalue weighted by Gasteiger charge is 2.19. The second kappa shape index (κ2) is 7.67. The number of sulfone groups is 1. The minimum Gasteiger partial charge on any atom is -0.481 e. The van der Waals surface area contributed by atoms with Gasteiger partial charge in [0.25, 0.3) is 5.91 Å². The molecule has 1 atom stereocenters. The fraction of sp³-hybridized carbons (Fsp3) is 0.176. The van der Waals surface area contributed by atoms with Crippen molar-refractivity contribution in [2.24, 2.45) is 0 Å². The third kappa shape index (κ3) is 5.30. The first-order valence-corrected chi connectivity index (χ1v) is 9.52. The van der Waals surface area contributed by atoms with Crippen LogP contribution in [0.25, 0.3) is 0 Å². The largest absolute Gasteiger partial charge is 0.481 e. The molecule has 0 aliphatic carbocycles. The van der Waals surface area contributed by atoms with Gasteiger partial charge in [0.05, 0.1) is 17.4 Å². The fourth-order valence-corrected chi connectivity index (χ4v) is 2.97. The van der Waals surface area contributed by atoms with E-state index in [1.54, 1.807) is 24.3 Å². The monoisotopic (exact) mass is 381 g/mol. The maximum absolute atomic E-state index is 12.4. The molecule has 0 fully saturated rings. The van der Waals surface area contributed by atoms with Gasteiger partial charge in [0, 0.05) is 16.8 Å². The molecule has 0 aliphatic rings. The van der Waals surface area contributed by atoms with Crippen molar-refractivity contribution in [3.05, 3.63) is 64.7 Å². The Hall–Kier alpha value is -2.38. The standard InChI is InChI=1S/C17H16ClNO5S/c1-25(23,24)14-8-4-12(5-9-14)17(22)19-15(10-16(20)21)11-2-6-13(18)7-3-11/h2-9,15H,10H2,1H3,(H,19,22)(H,20,21)/t15-/m1/s1. The summed E-state index contributed by atoms with van der Waals surface area (Å²) in [6.07, 6.45) is 0.778. The van der Waals surface area contributed by atoms with E-state index in [9.17, 15) is 18.0 Å². The van der Waals surface area contributed by atoms with Crippen LogP contribution in [0.5, 0.6) is 0 Å². The van der Waals surface area contributed by atoms with Gasteiger partial charge in [-0.3, -0.25) is 9.59 Å². The Kier molecular flexibility index (Phi) is 5.81. The number of halogens is 1. The molecule has 0 unspecified atom stereocenters. The van der Waals surface area contributed by atoms with Gasteiger partial charge in [-0.15, -0.1) is 0 Å². The number of hydrogen-bond donors (Lipinski definition) is 2. The van der Waals surface area contributed by atoms with E-state index >= 15 is 0 Å². The predicted octanol–water partition coefficient (Wildman–Crippen LogP) is 2.69. The van der Waals surface area contributed by atoms with Gasteiger partial charge in [-0.25, -0.2) is 8.42 Å². The van der Waals surface area contributed by atoms with E-state index in [-0.39, 0.29) is 16.9 Å². The van der Waals surface area contributed by atoms with E-state index in [4.69, 9.17) is 16.7 Å². The number of carboxylic acids is 1. The first-order chi connectivity index (χ1) is 11.7. The third-order valence-electron chi connectivity index (χ3n) is 3.50. The van der Waals surface area contributed by atoms with Gasteiger partial charge in [-0.2, -0.15) is 0 Å². The van der Waals surface area contributed by atoms with Crippen LogP contribution in [-0.4, -0.2) is 31.7 Å². The lowest BCUT2D eigenvalue weighted by Gasteiger charge is -2.17. The number of nitrogens with one attached hydrogen (secondary N) is 1. The maximum atomic E-state index is 12.4. The minimum atomic E-state index is -3.35. The van der Waals surface area contributed by atoms with Gasteiger partial charge < -0.3 is 10.4 Å². The number of carboxylic acid groups (broad SMARTS) is 1. The lowest BCUT2D eigenvalue weighted by Crippen LogP contribution is -2.30. The molecule has 1 amide bonds. The van der Waals surface area contributed by atoms with E-state index in [0.29, 0.717) is 10.6 Å². The summed E-state index contributed by atoms with van der Waals surface area (Å²) in [6.45, 7) is 0. The summed E-state index contributed by atoms with van der Waals surface area (Å²) in [6, 6.07) is 11.2. The number of hydrogen-bond acceptors (Lipinski definition) is 4. The van der Waals surface area contributed by atoms with Crippen molar-refractivity contribution in [2.45, 2.75) is 17.4 Å². The van der Waals surface area contributed by atoms with Gasteiger partial charge in [-0.05, 0) is 42.0 Å². The number of benzene rings is 2. The molecule has 8 heteroatoms. The normalized spacial score (nSPS) is 12.4. The quantitative estimate of drug-likeness (QED) is 0.801. The molecule has 2 aromatic carbocycles. The van der Waals surface area contributed by atoms with Crippen molar-refractivity contribution in [3.8, 4) is 0 Å². The second-order valence-corrected chi connectivity index (χ2v) is 7.92. The smallest absolute Gasteiger partial charge is 0.305 e. The molecule has 0 aliphatic heterocycles. The Morgan fingerprint density at radius 3 is 2.12 bits per heavy atom. The van der Waals surface area contributed by atoms with Crippen LogP contribution >= 0.6 is 11.6 Å². The summed E-state index contributed by atoms with van der Waals surface area (Å²) in [7, 11) is -3.35. The zero-order valence-electron chi connectivity index (χ0n) is 13.3. The molecule has 0 saturated carbocycles. The first-order valence-electron chi connectivity index (χ1n) is 7.25. The molecule has 2 N–H and O–H groups in total. The number of rotatable bonds is 6. The number of carbonyl (C=O) groups excluding carboxylic acids is 1. The van der Waals surface area contributed by atoms with Gasteiger partial charge in [-0.1, -0.05) is 23.7 Å².